The Hall–Kier alpha value is -3.09. The van der Waals surface area contributed by atoms with Crippen molar-refractivity contribution < 1.29 is 23.5 Å². The van der Waals surface area contributed by atoms with Crippen LogP contribution >= 0.6 is 0 Å². The lowest BCUT2D eigenvalue weighted by Crippen LogP contribution is -2.42. The van der Waals surface area contributed by atoms with Gasteiger partial charge in [0.2, 0.25) is 5.91 Å². The zero-order valence-corrected chi connectivity index (χ0v) is 15.8. The van der Waals surface area contributed by atoms with Gasteiger partial charge in [-0.25, -0.2) is 4.39 Å². The smallest absolute Gasteiger partial charge is 0.269 e. The lowest BCUT2D eigenvalue weighted by atomic mass is 10.1. The molecule has 0 spiro atoms. The van der Waals surface area contributed by atoms with Crippen molar-refractivity contribution >= 4 is 11.8 Å². The Morgan fingerprint density at radius 1 is 1.11 bits per heavy atom. The topological polar surface area (TPSA) is 76.7 Å². The van der Waals surface area contributed by atoms with E-state index in [1.54, 1.807) is 30.3 Å². The molecule has 148 valence electrons. The van der Waals surface area contributed by atoms with Crippen LogP contribution < -0.4 is 20.3 Å². The third-order valence-electron chi connectivity index (χ3n) is 4.61. The SMILES string of the molecule is CCCOc1ccc(C(=O)NNC(=O)C2CC2c2ccc(F)cc2)cc1OC. The molecular weight excluding hydrogens is 363 g/mol. The highest BCUT2D eigenvalue weighted by Gasteiger charge is 2.44. The first kappa shape index (κ1) is 19.7. The van der Waals surface area contributed by atoms with E-state index >= 15 is 0 Å². The maximum absolute atomic E-state index is 13.0. The van der Waals surface area contributed by atoms with Crippen LogP contribution in [0.3, 0.4) is 0 Å². The quantitative estimate of drug-likeness (QED) is 0.717. The fourth-order valence-electron chi connectivity index (χ4n) is 2.99. The number of carbonyl (C=O) groups is 2. The van der Waals surface area contributed by atoms with Crippen LogP contribution in [0.25, 0.3) is 0 Å². The van der Waals surface area contributed by atoms with E-state index < -0.39 is 5.91 Å². The number of nitrogens with one attached hydrogen (secondary N) is 2. The van der Waals surface area contributed by atoms with Crippen molar-refractivity contribution in [2.24, 2.45) is 5.92 Å². The van der Waals surface area contributed by atoms with Crippen LogP contribution in [0, 0.1) is 11.7 Å². The number of halogens is 1. The lowest BCUT2D eigenvalue weighted by Gasteiger charge is -2.12. The highest BCUT2D eigenvalue weighted by molar-refractivity contribution is 5.96. The molecular formula is C21H23FN2O4. The van der Waals surface area contributed by atoms with Gasteiger partial charge in [-0.15, -0.1) is 0 Å². The highest BCUT2D eigenvalue weighted by Crippen LogP contribution is 2.47. The van der Waals surface area contributed by atoms with Gasteiger partial charge < -0.3 is 9.47 Å². The largest absolute Gasteiger partial charge is 0.493 e. The van der Waals surface area contributed by atoms with E-state index in [2.05, 4.69) is 10.9 Å². The minimum absolute atomic E-state index is 0.0487. The molecule has 2 aromatic carbocycles. The Balaban J connectivity index is 1.54. The molecule has 6 nitrogen and oxygen atoms in total. The number of carbonyl (C=O) groups excluding carboxylic acids is 2. The molecule has 2 aromatic rings. The number of hydrazine groups is 1. The van der Waals surface area contributed by atoms with E-state index in [0.717, 1.165) is 12.0 Å². The number of benzene rings is 2. The van der Waals surface area contributed by atoms with E-state index in [4.69, 9.17) is 9.47 Å². The monoisotopic (exact) mass is 386 g/mol. The molecule has 0 radical (unpaired) electrons. The number of hydrogen-bond acceptors (Lipinski definition) is 4. The summed E-state index contributed by atoms with van der Waals surface area (Å²) in [5, 5.41) is 0. The maximum Gasteiger partial charge on any atom is 0.269 e. The van der Waals surface area contributed by atoms with Gasteiger partial charge in [-0.2, -0.15) is 0 Å². The molecule has 2 atom stereocenters. The molecule has 0 aliphatic heterocycles. The zero-order valence-electron chi connectivity index (χ0n) is 15.8. The molecule has 28 heavy (non-hydrogen) atoms. The Labute approximate surface area is 163 Å². The van der Waals surface area contributed by atoms with Gasteiger partial charge in [0, 0.05) is 11.5 Å². The molecule has 1 aliphatic rings. The Bertz CT molecular complexity index is 854. The second-order valence-corrected chi connectivity index (χ2v) is 6.66. The first-order chi connectivity index (χ1) is 13.5. The van der Waals surface area contributed by atoms with Crippen molar-refractivity contribution in [3.8, 4) is 11.5 Å². The van der Waals surface area contributed by atoms with E-state index in [1.807, 2.05) is 6.92 Å². The first-order valence-corrected chi connectivity index (χ1v) is 9.20. The van der Waals surface area contributed by atoms with Crippen molar-refractivity contribution in [2.75, 3.05) is 13.7 Å². The van der Waals surface area contributed by atoms with Gasteiger partial charge in [-0.1, -0.05) is 19.1 Å². The summed E-state index contributed by atoms with van der Waals surface area (Å²) in [6, 6.07) is 11.0. The van der Waals surface area contributed by atoms with E-state index in [1.165, 1.54) is 19.2 Å². The lowest BCUT2D eigenvalue weighted by molar-refractivity contribution is -0.123. The Kier molecular flexibility index (Phi) is 6.13. The Morgan fingerprint density at radius 2 is 1.86 bits per heavy atom. The van der Waals surface area contributed by atoms with Gasteiger partial charge >= 0.3 is 0 Å². The van der Waals surface area contributed by atoms with Crippen LogP contribution in [-0.4, -0.2) is 25.5 Å². The molecule has 1 fully saturated rings. The minimum atomic E-state index is -0.451. The van der Waals surface area contributed by atoms with Crippen molar-refractivity contribution in [2.45, 2.75) is 25.7 Å². The number of rotatable bonds is 7. The zero-order chi connectivity index (χ0) is 20.1. The average molecular weight is 386 g/mol. The number of hydrogen-bond donors (Lipinski definition) is 2. The summed E-state index contributed by atoms with van der Waals surface area (Å²) in [7, 11) is 1.50. The summed E-state index contributed by atoms with van der Waals surface area (Å²) in [5.41, 5.74) is 6.13. The number of methoxy groups -OCH3 is 1. The van der Waals surface area contributed by atoms with Gasteiger partial charge in [0.1, 0.15) is 5.82 Å². The Morgan fingerprint density at radius 3 is 2.54 bits per heavy atom. The van der Waals surface area contributed by atoms with Gasteiger partial charge in [0.25, 0.3) is 5.91 Å². The van der Waals surface area contributed by atoms with Gasteiger partial charge in [-0.3, -0.25) is 20.4 Å². The fraction of sp³-hybridized carbons (Fsp3) is 0.333. The molecule has 0 bridgehead atoms. The van der Waals surface area contributed by atoms with Crippen LogP contribution in [0.1, 0.15) is 41.6 Å². The summed E-state index contributed by atoms with van der Waals surface area (Å²) in [6.07, 6.45) is 1.53. The van der Waals surface area contributed by atoms with Crippen LogP contribution in [0.5, 0.6) is 11.5 Å². The first-order valence-electron chi connectivity index (χ1n) is 9.20. The van der Waals surface area contributed by atoms with Crippen molar-refractivity contribution in [3.63, 3.8) is 0 Å². The standard InChI is InChI=1S/C21H23FN2O4/c1-3-10-28-18-9-6-14(11-19(18)27-2)20(25)23-24-21(26)17-12-16(17)13-4-7-15(22)8-5-13/h4-9,11,16-17H,3,10,12H2,1-2H3,(H,23,25)(H,24,26). The third-order valence-corrected chi connectivity index (χ3v) is 4.61. The summed E-state index contributed by atoms with van der Waals surface area (Å²) in [6.45, 7) is 2.55. The molecule has 2 amide bonds. The van der Waals surface area contributed by atoms with Crippen LogP contribution in [-0.2, 0) is 4.79 Å². The van der Waals surface area contributed by atoms with E-state index in [9.17, 15) is 14.0 Å². The molecule has 1 saturated carbocycles. The molecule has 0 aromatic heterocycles. The predicted molar refractivity (Wildman–Crippen MR) is 102 cm³/mol. The number of ether oxygens (including phenoxy) is 2. The average Bonchev–Trinajstić information content (AvgIpc) is 3.51. The maximum atomic E-state index is 13.0. The van der Waals surface area contributed by atoms with E-state index in [0.29, 0.717) is 30.1 Å². The van der Waals surface area contributed by atoms with Crippen LogP contribution in [0.15, 0.2) is 42.5 Å². The minimum Gasteiger partial charge on any atom is -0.493 e. The summed E-state index contributed by atoms with van der Waals surface area (Å²) >= 11 is 0. The second kappa shape index (κ2) is 8.73. The predicted octanol–water partition coefficient (Wildman–Crippen LogP) is 3.19. The van der Waals surface area contributed by atoms with Crippen LogP contribution in [0.4, 0.5) is 4.39 Å². The summed E-state index contributed by atoms with van der Waals surface area (Å²) in [4.78, 5) is 24.6. The molecule has 2 unspecified atom stereocenters. The number of amides is 2. The molecule has 3 rings (SSSR count). The molecule has 2 N–H and O–H groups in total. The fourth-order valence-corrected chi connectivity index (χ4v) is 2.99. The van der Waals surface area contributed by atoms with Gasteiger partial charge in [0.15, 0.2) is 11.5 Å². The molecule has 1 aliphatic carbocycles. The third kappa shape index (κ3) is 4.60. The van der Waals surface area contributed by atoms with Crippen molar-refractivity contribution in [3.05, 3.63) is 59.4 Å². The normalized spacial score (nSPS) is 17.5. The molecule has 0 saturated heterocycles. The molecule has 7 heteroatoms. The van der Waals surface area contributed by atoms with E-state index in [-0.39, 0.29) is 23.6 Å². The summed E-state index contributed by atoms with van der Waals surface area (Å²) < 4.78 is 23.8. The van der Waals surface area contributed by atoms with Crippen LogP contribution in [0.2, 0.25) is 0 Å². The van der Waals surface area contributed by atoms with Gasteiger partial charge in [0.05, 0.1) is 13.7 Å². The van der Waals surface area contributed by atoms with Crippen molar-refractivity contribution in [1.29, 1.82) is 0 Å². The van der Waals surface area contributed by atoms with Crippen molar-refractivity contribution in [1.82, 2.24) is 10.9 Å². The molecule has 0 heterocycles. The van der Waals surface area contributed by atoms with Gasteiger partial charge in [-0.05, 0) is 54.7 Å². The second-order valence-electron chi connectivity index (χ2n) is 6.66. The highest BCUT2D eigenvalue weighted by atomic mass is 19.1. The summed E-state index contributed by atoms with van der Waals surface area (Å²) in [5.74, 6) is -0.196.